The SMILES string of the molecule is C=C\C(=C/C=C(C)/C=C/C(N)=O)OC. The number of carbonyl (C=O) groups is 1. The standard InChI is InChI=1S/C11H15NO2/c1-4-10(14-3)7-5-9(2)6-8-11(12)13/h4-8H,1H2,2-3H3,(H2,12,13)/b8-6+,9-5+,10-7+. The van der Waals surface area contributed by atoms with E-state index in [-0.39, 0.29) is 0 Å². The van der Waals surface area contributed by atoms with Crippen LogP contribution in [0, 0.1) is 0 Å². The number of hydrogen-bond donors (Lipinski definition) is 1. The molecule has 0 bridgehead atoms. The molecule has 3 nitrogen and oxygen atoms in total. The zero-order chi connectivity index (χ0) is 11.0. The molecule has 0 unspecified atom stereocenters. The largest absolute Gasteiger partial charge is 0.497 e. The van der Waals surface area contributed by atoms with Crippen LogP contribution >= 0.6 is 0 Å². The van der Waals surface area contributed by atoms with Crippen molar-refractivity contribution < 1.29 is 9.53 Å². The van der Waals surface area contributed by atoms with E-state index in [2.05, 4.69) is 6.58 Å². The molecular formula is C11H15NO2. The molecule has 2 N–H and O–H groups in total. The summed E-state index contributed by atoms with van der Waals surface area (Å²) in [6.07, 6.45) is 8.10. The first-order valence-corrected chi connectivity index (χ1v) is 4.12. The monoisotopic (exact) mass is 193 g/mol. The van der Waals surface area contributed by atoms with Gasteiger partial charge in [-0.15, -0.1) is 0 Å². The van der Waals surface area contributed by atoms with Gasteiger partial charge in [-0.1, -0.05) is 24.3 Å². The van der Waals surface area contributed by atoms with Crippen molar-refractivity contribution in [1.29, 1.82) is 0 Å². The molecule has 0 aliphatic heterocycles. The van der Waals surface area contributed by atoms with Gasteiger partial charge in [-0.3, -0.25) is 4.79 Å². The summed E-state index contributed by atoms with van der Waals surface area (Å²) in [5.41, 5.74) is 5.84. The van der Waals surface area contributed by atoms with E-state index in [9.17, 15) is 4.79 Å². The van der Waals surface area contributed by atoms with Crippen molar-refractivity contribution in [2.45, 2.75) is 6.92 Å². The Morgan fingerprint density at radius 1 is 1.36 bits per heavy atom. The van der Waals surface area contributed by atoms with E-state index in [0.29, 0.717) is 5.76 Å². The van der Waals surface area contributed by atoms with E-state index in [1.165, 1.54) is 6.08 Å². The maximum atomic E-state index is 10.4. The fraction of sp³-hybridized carbons (Fsp3) is 0.182. The highest BCUT2D eigenvalue weighted by atomic mass is 16.5. The molecule has 0 radical (unpaired) electrons. The summed E-state index contributed by atoms with van der Waals surface area (Å²) in [6, 6.07) is 0. The molecule has 14 heavy (non-hydrogen) atoms. The molecule has 0 aromatic rings. The van der Waals surface area contributed by atoms with E-state index in [1.54, 1.807) is 31.4 Å². The summed E-state index contributed by atoms with van der Waals surface area (Å²) in [5.74, 6) is 0.203. The van der Waals surface area contributed by atoms with Crippen LogP contribution in [0.2, 0.25) is 0 Å². The highest BCUT2D eigenvalue weighted by molar-refractivity contribution is 5.86. The smallest absolute Gasteiger partial charge is 0.241 e. The molecule has 0 spiro atoms. The van der Waals surface area contributed by atoms with Crippen molar-refractivity contribution in [2.24, 2.45) is 5.73 Å². The van der Waals surface area contributed by atoms with Gasteiger partial charge in [0.15, 0.2) is 0 Å². The summed E-state index contributed by atoms with van der Waals surface area (Å²) in [7, 11) is 1.57. The second-order valence-corrected chi connectivity index (χ2v) is 2.62. The average Bonchev–Trinajstić information content (AvgIpc) is 2.16. The summed E-state index contributed by atoms with van der Waals surface area (Å²) >= 11 is 0. The van der Waals surface area contributed by atoms with Gasteiger partial charge in [0.25, 0.3) is 0 Å². The van der Waals surface area contributed by atoms with E-state index >= 15 is 0 Å². The minimum Gasteiger partial charge on any atom is -0.497 e. The number of carbonyl (C=O) groups excluding carboxylic acids is 1. The van der Waals surface area contributed by atoms with Gasteiger partial charge in [-0.05, 0) is 19.1 Å². The van der Waals surface area contributed by atoms with Crippen LogP contribution in [-0.2, 0) is 9.53 Å². The highest BCUT2D eigenvalue weighted by Gasteiger charge is 1.86. The van der Waals surface area contributed by atoms with Crippen LogP contribution in [0.4, 0.5) is 0 Å². The first-order valence-electron chi connectivity index (χ1n) is 4.12. The third-order valence-electron chi connectivity index (χ3n) is 1.46. The summed E-state index contributed by atoms with van der Waals surface area (Å²) in [5, 5.41) is 0. The first kappa shape index (κ1) is 12.2. The molecule has 3 heteroatoms. The lowest BCUT2D eigenvalue weighted by Gasteiger charge is -1.96. The Bertz CT molecular complexity index is 298. The van der Waals surface area contributed by atoms with Crippen LogP contribution in [0.15, 0.2) is 48.3 Å². The van der Waals surface area contributed by atoms with Crippen molar-refractivity contribution in [3.8, 4) is 0 Å². The summed E-state index contributed by atoms with van der Waals surface area (Å²) < 4.78 is 4.96. The lowest BCUT2D eigenvalue weighted by molar-refractivity contribution is -0.113. The van der Waals surface area contributed by atoms with Gasteiger partial charge in [-0.25, -0.2) is 0 Å². The molecule has 0 aliphatic rings. The zero-order valence-corrected chi connectivity index (χ0v) is 8.49. The van der Waals surface area contributed by atoms with Crippen molar-refractivity contribution in [3.05, 3.63) is 48.3 Å². The topological polar surface area (TPSA) is 52.3 Å². The first-order chi connectivity index (χ1) is 6.60. The number of rotatable bonds is 5. The van der Waals surface area contributed by atoms with Gasteiger partial charge < -0.3 is 10.5 Å². The molecular weight excluding hydrogens is 178 g/mol. The van der Waals surface area contributed by atoms with E-state index < -0.39 is 5.91 Å². The molecule has 0 aliphatic carbocycles. The average molecular weight is 193 g/mol. The van der Waals surface area contributed by atoms with Crippen LogP contribution in [-0.4, -0.2) is 13.0 Å². The van der Waals surface area contributed by atoms with Gasteiger partial charge in [0.05, 0.1) is 7.11 Å². The van der Waals surface area contributed by atoms with Gasteiger partial charge >= 0.3 is 0 Å². The van der Waals surface area contributed by atoms with Crippen LogP contribution in [0.3, 0.4) is 0 Å². The van der Waals surface area contributed by atoms with E-state index in [4.69, 9.17) is 10.5 Å². The molecule has 0 aromatic carbocycles. The minimum atomic E-state index is -0.461. The Hall–Kier alpha value is -1.77. The van der Waals surface area contributed by atoms with Crippen molar-refractivity contribution in [3.63, 3.8) is 0 Å². The summed E-state index contributed by atoms with van der Waals surface area (Å²) in [4.78, 5) is 10.4. The normalized spacial score (nSPS) is 13.0. The quantitative estimate of drug-likeness (QED) is 0.410. The molecule has 0 rings (SSSR count). The number of amides is 1. The Labute approximate surface area is 84.2 Å². The molecule has 1 amide bonds. The van der Waals surface area contributed by atoms with E-state index in [1.807, 2.05) is 6.92 Å². The fourth-order valence-electron chi connectivity index (χ4n) is 0.702. The van der Waals surface area contributed by atoms with Crippen molar-refractivity contribution in [2.75, 3.05) is 7.11 Å². The Morgan fingerprint density at radius 3 is 2.43 bits per heavy atom. The molecule has 0 saturated carbocycles. The zero-order valence-electron chi connectivity index (χ0n) is 8.49. The Balaban J connectivity index is 4.44. The fourth-order valence-corrected chi connectivity index (χ4v) is 0.702. The van der Waals surface area contributed by atoms with Gasteiger partial charge in [-0.2, -0.15) is 0 Å². The second-order valence-electron chi connectivity index (χ2n) is 2.62. The number of ether oxygens (including phenoxy) is 1. The predicted octanol–water partition coefficient (Wildman–Crippen LogP) is 1.69. The van der Waals surface area contributed by atoms with Gasteiger partial charge in [0.1, 0.15) is 5.76 Å². The minimum absolute atomic E-state index is 0.461. The van der Waals surface area contributed by atoms with Crippen LogP contribution in [0.25, 0.3) is 0 Å². The second kappa shape index (κ2) is 6.71. The lowest BCUT2D eigenvalue weighted by atomic mass is 10.2. The number of methoxy groups -OCH3 is 1. The number of nitrogens with two attached hydrogens (primary N) is 1. The van der Waals surface area contributed by atoms with Gasteiger partial charge in [0, 0.05) is 6.08 Å². The maximum absolute atomic E-state index is 10.4. The third-order valence-corrected chi connectivity index (χ3v) is 1.46. The molecule has 0 heterocycles. The van der Waals surface area contributed by atoms with Crippen molar-refractivity contribution >= 4 is 5.91 Å². The Morgan fingerprint density at radius 2 is 2.00 bits per heavy atom. The van der Waals surface area contributed by atoms with Gasteiger partial charge in [0.2, 0.25) is 5.91 Å². The molecule has 76 valence electrons. The van der Waals surface area contributed by atoms with Crippen LogP contribution < -0.4 is 5.73 Å². The molecule has 0 fully saturated rings. The number of primary amides is 1. The molecule has 0 saturated heterocycles. The lowest BCUT2D eigenvalue weighted by Crippen LogP contribution is -2.05. The third kappa shape index (κ3) is 5.83. The van der Waals surface area contributed by atoms with Crippen molar-refractivity contribution in [1.82, 2.24) is 0 Å². The molecule has 0 atom stereocenters. The Kier molecular flexibility index (Phi) is 5.87. The maximum Gasteiger partial charge on any atom is 0.241 e. The summed E-state index contributed by atoms with van der Waals surface area (Å²) in [6.45, 7) is 5.42. The van der Waals surface area contributed by atoms with Crippen LogP contribution in [0.1, 0.15) is 6.92 Å². The molecule has 0 aromatic heterocycles. The predicted molar refractivity (Wildman–Crippen MR) is 57.4 cm³/mol. The number of allylic oxidation sites excluding steroid dienone is 5. The van der Waals surface area contributed by atoms with E-state index in [0.717, 1.165) is 5.57 Å². The number of hydrogen-bond acceptors (Lipinski definition) is 2. The highest BCUT2D eigenvalue weighted by Crippen LogP contribution is 2.00. The van der Waals surface area contributed by atoms with Crippen LogP contribution in [0.5, 0.6) is 0 Å².